The lowest BCUT2D eigenvalue weighted by atomic mass is 10.2. The van der Waals surface area contributed by atoms with Crippen molar-refractivity contribution in [3.63, 3.8) is 0 Å². The number of carbonyl (C=O) groups is 2. The molecule has 0 bridgehead atoms. The normalized spacial score (nSPS) is 10.2. The molecule has 0 atom stereocenters. The van der Waals surface area contributed by atoms with E-state index in [9.17, 15) is 14.0 Å². The third kappa shape index (κ3) is 4.79. The Hall–Kier alpha value is -2.41. The van der Waals surface area contributed by atoms with E-state index in [1.807, 2.05) is 31.1 Å². The second-order valence-electron chi connectivity index (χ2n) is 5.19. The van der Waals surface area contributed by atoms with Crippen LogP contribution in [0.3, 0.4) is 0 Å². The zero-order valence-electron chi connectivity index (χ0n) is 13.2. The van der Waals surface area contributed by atoms with E-state index in [2.05, 4.69) is 21.2 Å². The maximum atomic E-state index is 13.6. The summed E-state index contributed by atoms with van der Waals surface area (Å²) in [6.45, 7) is -0.500. The number of esters is 1. The molecule has 2 rings (SSSR count). The van der Waals surface area contributed by atoms with Crippen molar-refractivity contribution in [1.82, 2.24) is 0 Å². The first-order valence-electron chi connectivity index (χ1n) is 7.06. The van der Waals surface area contributed by atoms with E-state index in [-0.39, 0.29) is 5.56 Å². The first-order valence-corrected chi connectivity index (χ1v) is 7.85. The summed E-state index contributed by atoms with van der Waals surface area (Å²) < 4.78 is 19.0. The highest BCUT2D eigenvalue weighted by Gasteiger charge is 2.15. The molecule has 1 amide bonds. The van der Waals surface area contributed by atoms with E-state index < -0.39 is 24.3 Å². The van der Waals surface area contributed by atoms with Gasteiger partial charge in [0.05, 0.1) is 5.56 Å². The number of ether oxygens (including phenoxy) is 1. The zero-order valence-corrected chi connectivity index (χ0v) is 14.8. The Balaban J connectivity index is 1.90. The highest BCUT2D eigenvalue weighted by molar-refractivity contribution is 9.10. The molecule has 0 radical (unpaired) electrons. The topological polar surface area (TPSA) is 58.6 Å². The lowest BCUT2D eigenvalue weighted by molar-refractivity contribution is -0.119. The summed E-state index contributed by atoms with van der Waals surface area (Å²) >= 11 is 3.15. The fourth-order valence-electron chi connectivity index (χ4n) is 1.90. The van der Waals surface area contributed by atoms with Gasteiger partial charge in [0.25, 0.3) is 5.91 Å². The van der Waals surface area contributed by atoms with E-state index in [0.29, 0.717) is 10.2 Å². The van der Waals surface area contributed by atoms with E-state index in [1.54, 1.807) is 12.1 Å². The van der Waals surface area contributed by atoms with Gasteiger partial charge in [-0.3, -0.25) is 4.79 Å². The van der Waals surface area contributed by atoms with Crippen LogP contribution in [0.15, 0.2) is 46.9 Å². The first kappa shape index (κ1) is 17.9. The number of carbonyl (C=O) groups excluding carboxylic acids is 2. The van der Waals surface area contributed by atoms with Crippen LogP contribution in [0.2, 0.25) is 0 Å². The summed E-state index contributed by atoms with van der Waals surface area (Å²) in [5.41, 5.74) is 1.34. The molecule has 0 saturated heterocycles. The van der Waals surface area contributed by atoms with Crippen molar-refractivity contribution in [3.8, 4) is 0 Å². The van der Waals surface area contributed by atoms with E-state index >= 15 is 0 Å². The molecule has 0 fully saturated rings. The molecule has 24 heavy (non-hydrogen) atoms. The zero-order chi connectivity index (χ0) is 17.7. The highest BCUT2D eigenvalue weighted by atomic mass is 79.9. The molecule has 0 unspecified atom stereocenters. The molecule has 7 heteroatoms. The van der Waals surface area contributed by atoms with Crippen molar-refractivity contribution < 1.29 is 18.7 Å². The number of halogens is 2. The van der Waals surface area contributed by atoms with Crippen LogP contribution in [0.1, 0.15) is 10.4 Å². The van der Waals surface area contributed by atoms with Gasteiger partial charge in [-0.15, -0.1) is 0 Å². The molecular formula is C17H16BrFN2O3. The second kappa shape index (κ2) is 7.92. The second-order valence-corrected chi connectivity index (χ2v) is 6.11. The summed E-state index contributed by atoms with van der Waals surface area (Å²) in [6, 6.07) is 11.1. The van der Waals surface area contributed by atoms with Gasteiger partial charge < -0.3 is 15.0 Å². The molecule has 2 aromatic carbocycles. The molecule has 2 aromatic rings. The van der Waals surface area contributed by atoms with Crippen LogP contribution in [-0.2, 0) is 9.53 Å². The van der Waals surface area contributed by atoms with Crippen molar-refractivity contribution in [2.45, 2.75) is 0 Å². The number of nitrogens with zero attached hydrogens (tertiary/aromatic N) is 1. The SMILES string of the molecule is CN(C)c1ccc(NC(=O)COC(=O)c2cc(Br)ccc2F)cc1. The van der Waals surface area contributed by atoms with Crippen LogP contribution in [0.5, 0.6) is 0 Å². The number of benzene rings is 2. The Bertz CT molecular complexity index is 748. The van der Waals surface area contributed by atoms with Gasteiger partial charge in [-0.25, -0.2) is 9.18 Å². The smallest absolute Gasteiger partial charge is 0.341 e. The molecule has 0 aliphatic heterocycles. The predicted molar refractivity (Wildman–Crippen MR) is 93.8 cm³/mol. The Labute approximate surface area is 147 Å². The minimum absolute atomic E-state index is 0.229. The van der Waals surface area contributed by atoms with Crippen LogP contribution in [-0.4, -0.2) is 32.6 Å². The lowest BCUT2D eigenvalue weighted by Gasteiger charge is -2.13. The van der Waals surface area contributed by atoms with Crippen molar-refractivity contribution in [1.29, 1.82) is 0 Å². The van der Waals surface area contributed by atoms with Crippen molar-refractivity contribution >= 4 is 39.2 Å². The molecule has 5 nitrogen and oxygen atoms in total. The van der Waals surface area contributed by atoms with E-state index in [1.165, 1.54) is 12.1 Å². The molecule has 126 valence electrons. The first-order chi connectivity index (χ1) is 11.4. The molecule has 0 heterocycles. The summed E-state index contributed by atoms with van der Waals surface area (Å²) in [4.78, 5) is 25.6. The van der Waals surface area contributed by atoms with Crippen molar-refractivity contribution in [2.75, 3.05) is 30.9 Å². The number of anilines is 2. The molecular weight excluding hydrogens is 379 g/mol. The molecule has 0 aliphatic rings. The van der Waals surface area contributed by atoms with Crippen LogP contribution in [0.4, 0.5) is 15.8 Å². The quantitative estimate of drug-likeness (QED) is 0.788. The van der Waals surface area contributed by atoms with Crippen LogP contribution < -0.4 is 10.2 Å². The van der Waals surface area contributed by atoms with Crippen LogP contribution in [0.25, 0.3) is 0 Å². The molecule has 0 aliphatic carbocycles. The minimum Gasteiger partial charge on any atom is -0.452 e. The fraction of sp³-hybridized carbons (Fsp3) is 0.176. The lowest BCUT2D eigenvalue weighted by Crippen LogP contribution is -2.21. The number of rotatable bonds is 5. The van der Waals surface area contributed by atoms with Gasteiger partial charge in [0.1, 0.15) is 5.82 Å². The maximum absolute atomic E-state index is 13.6. The maximum Gasteiger partial charge on any atom is 0.341 e. The summed E-state index contributed by atoms with van der Waals surface area (Å²) in [5, 5.41) is 2.60. The number of hydrogen-bond acceptors (Lipinski definition) is 4. The van der Waals surface area contributed by atoms with E-state index in [0.717, 1.165) is 11.8 Å². The molecule has 0 saturated carbocycles. The van der Waals surface area contributed by atoms with Crippen LogP contribution >= 0.6 is 15.9 Å². The highest BCUT2D eigenvalue weighted by Crippen LogP contribution is 2.17. The number of amides is 1. The van der Waals surface area contributed by atoms with E-state index in [4.69, 9.17) is 4.74 Å². The van der Waals surface area contributed by atoms with Crippen LogP contribution in [0, 0.1) is 5.82 Å². The van der Waals surface area contributed by atoms with Gasteiger partial charge >= 0.3 is 5.97 Å². The van der Waals surface area contributed by atoms with Crippen molar-refractivity contribution in [2.24, 2.45) is 0 Å². The molecule has 0 aromatic heterocycles. The average molecular weight is 395 g/mol. The Kier molecular flexibility index (Phi) is 5.92. The van der Waals surface area contributed by atoms with Gasteiger partial charge in [-0.2, -0.15) is 0 Å². The summed E-state index contributed by atoms with van der Waals surface area (Å²) in [6.07, 6.45) is 0. The summed E-state index contributed by atoms with van der Waals surface area (Å²) in [5.74, 6) is -2.11. The third-order valence-electron chi connectivity index (χ3n) is 3.15. The Morgan fingerprint density at radius 1 is 1.17 bits per heavy atom. The standard InChI is InChI=1S/C17H16BrFN2O3/c1-21(2)13-6-4-12(5-7-13)20-16(22)10-24-17(23)14-9-11(18)3-8-15(14)19/h3-9H,10H2,1-2H3,(H,20,22). The average Bonchev–Trinajstić information content (AvgIpc) is 2.55. The van der Waals surface area contributed by atoms with Gasteiger partial charge in [0.15, 0.2) is 6.61 Å². The summed E-state index contributed by atoms with van der Waals surface area (Å²) in [7, 11) is 3.82. The predicted octanol–water partition coefficient (Wildman–Crippen LogP) is 3.45. The van der Waals surface area contributed by atoms with Gasteiger partial charge in [0, 0.05) is 29.9 Å². The molecule has 1 N–H and O–H groups in total. The largest absolute Gasteiger partial charge is 0.452 e. The van der Waals surface area contributed by atoms with Gasteiger partial charge in [0.2, 0.25) is 0 Å². The Morgan fingerprint density at radius 2 is 1.83 bits per heavy atom. The number of hydrogen-bond donors (Lipinski definition) is 1. The number of nitrogens with one attached hydrogen (secondary N) is 1. The monoisotopic (exact) mass is 394 g/mol. The fourth-order valence-corrected chi connectivity index (χ4v) is 2.26. The van der Waals surface area contributed by atoms with Crippen molar-refractivity contribution in [3.05, 3.63) is 58.3 Å². The molecule has 0 spiro atoms. The third-order valence-corrected chi connectivity index (χ3v) is 3.64. The Morgan fingerprint density at radius 3 is 2.46 bits per heavy atom. The minimum atomic E-state index is -0.896. The van der Waals surface area contributed by atoms with Gasteiger partial charge in [-0.05, 0) is 42.5 Å². The van der Waals surface area contributed by atoms with Gasteiger partial charge in [-0.1, -0.05) is 15.9 Å².